The average molecular weight is 517 g/mol. The second kappa shape index (κ2) is 9.58. The van der Waals surface area contributed by atoms with Gasteiger partial charge in [-0.1, -0.05) is 0 Å². The molecular formula is C24H29FN6O4S. The monoisotopic (exact) mass is 516 g/mol. The van der Waals surface area contributed by atoms with Gasteiger partial charge in [-0.15, -0.1) is 0 Å². The van der Waals surface area contributed by atoms with Gasteiger partial charge in [0.2, 0.25) is 10.0 Å². The van der Waals surface area contributed by atoms with Crippen molar-refractivity contribution in [3.05, 3.63) is 42.5 Å². The number of nitrogens with one attached hydrogen (secondary N) is 1. The van der Waals surface area contributed by atoms with E-state index in [0.717, 1.165) is 5.69 Å². The van der Waals surface area contributed by atoms with E-state index in [1.165, 1.54) is 16.6 Å². The summed E-state index contributed by atoms with van der Waals surface area (Å²) in [5.74, 6) is 0.791. The number of sulfonamides is 1. The molecule has 0 spiro atoms. The van der Waals surface area contributed by atoms with Crippen LogP contribution in [-0.4, -0.2) is 74.3 Å². The number of rotatable bonds is 6. The predicted octanol–water partition coefficient (Wildman–Crippen LogP) is 3.31. The van der Waals surface area contributed by atoms with Gasteiger partial charge in [0.05, 0.1) is 36.6 Å². The summed E-state index contributed by atoms with van der Waals surface area (Å²) in [5.41, 5.74) is 2.18. The molecule has 12 heteroatoms. The molecule has 5 rings (SSSR count). The molecule has 1 aromatic carbocycles. The zero-order valence-corrected chi connectivity index (χ0v) is 21.3. The molecule has 0 unspecified atom stereocenters. The molecule has 0 saturated carbocycles. The summed E-state index contributed by atoms with van der Waals surface area (Å²) < 4.78 is 51.1. The van der Waals surface area contributed by atoms with Crippen LogP contribution in [0.2, 0.25) is 0 Å². The van der Waals surface area contributed by atoms with Crippen LogP contribution in [-0.2, 0) is 10.0 Å². The van der Waals surface area contributed by atoms with E-state index in [1.807, 2.05) is 12.1 Å². The Morgan fingerprint density at radius 2 is 1.83 bits per heavy atom. The van der Waals surface area contributed by atoms with E-state index in [9.17, 15) is 12.8 Å². The quantitative estimate of drug-likeness (QED) is 0.528. The third-order valence-corrected chi connectivity index (χ3v) is 7.68. The van der Waals surface area contributed by atoms with Gasteiger partial charge in [0, 0.05) is 37.8 Å². The Balaban J connectivity index is 1.27. The molecule has 1 N–H and O–H groups in total. The number of aromatic nitrogens is 2. The van der Waals surface area contributed by atoms with Crippen LogP contribution < -0.4 is 19.9 Å². The number of anilines is 4. The standard InChI is InChI=1S/C24H29FN6O4S/c1-16(2)31-10-11-34-23-19(25)12-17(13-20(23)31)21-15-27-24(35-21)28-22-5-4-18(14-26-22)29-6-8-30(9-7-29)36(3,32)33/h4-5,12-16H,6-11H2,1-3H3,(H,26,27,28). The number of hydrogen-bond donors (Lipinski definition) is 1. The molecule has 4 heterocycles. The molecule has 2 aliphatic heterocycles. The van der Waals surface area contributed by atoms with Gasteiger partial charge in [-0.2, -0.15) is 4.31 Å². The number of ether oxygens (including phenoxy) is 1. The number of benzene rings is 1. The molecule has 0 aliphatic carbocycles. The zero-order valence-electron chi connectivity index (χ0n) is 20.4. The maximum absolute atomic E-state index is 14.8. The van der Waals surface area contributed by atoms with Gasteiger partial charge < -0.3 is 19.0 Å². The highest BCUT2D eigenvalue weighted by Crippen LogP contribution is 2.39. The highest BCUT2D eigenvalue weighted by Gasteiger charge is 2.26. The van der Waals surface area contributed by atoms with Crippen LogP contribution in [0.4, 0.5) is 27.6 Å². The summed E-state index contributed by atoms with van der Waals surface area (Å²) in [7, 11) is -3.17. The Kier molecular flexibility index (Phi) is 6.47. The average Bonchev–Trinajstić information content (AvgIpc) is 3.32. The summed E-state index contributed by atoms with van der Waals surface area (Å²) in [5, 5.41) is 3.03. The number of halogens is 1. The molecule has 3 aromatic rings. The molecule has 1 saturated heterocycles. The maximum atomic E-state index is 14.8. The normalized spacial score (nSPS) is 16.7. The third kappa shape index (κ3) is 4.96. The van der Waals surface area contributed by atoms with E-state index < -0.39 is 15.8 Å². The topological polar surface area (TPSA) is 104 Å². The molecule has 0 atom stereocenters. The second-order valence-corrected chi connectivity index (χ2v) is 11.1. The van der Waals surface area contributed by atoms with Crippen molar-refractivity contribution in [2.75, 3.05) is 60.7 Å². The first-order valence-corrected chi connectivity index (χ1v) is 13.7. The van der Waals surface area contributed by atoms with Crippen molar-refractivity contribution in [3.8, 4) is 17.1 Å². The molecule has 0 amide bonds. The Morgan fingerprint density at radius 1 is 1.06 bits per heavy atom. The Labute approximate surface area is 209 Å². The first-order chi connectivity index (χ1) is 17.2. The van der Waals surface area contributed by atoms with E-state index in [2.05, 4.69) is 38.9 Å². The van der Waals surface area contributed by atoms with Crippen molar-refractivity contribution in [2.45, 2.75) is 19.9 Å². The molecular weight excluding hydrogens is 487 g/mol. The number of oxazole rings is 1. The fraction of sp³-hybridized carbons (Fsp3) is 0.417. The van der Waals surface area contributed by atoms with Gasteiger partial charge in [0.1, 0.15) is 12.4 Å². The third-order valence-electron chi connectivity index (χ3n) is 6.38. The SMILES string of the molecule is CC(C)N1CCOc2c(F)cc(-c3cnc(Nc4ccc(N5CCN(S(C)(=O)=O)CC5)cn4)o3)cc21. The smallest absolute Gasteiger partial charge is 0.300 e. The van der Waals surface area contributed by atoms with E-state index in [4.69, 9.17) is 9.15 Å². The van der Waals surface area contributed by atoms with Crippen LogP contribution in [0, 0.1) is 5.82 Å². The van der Waals surface area contributed by atoms with Gasteiger partial charge in [-0.25, -0.2) is 22.8 Å². The predicted molar refractivity (Wildman–Crippen MR) is 136 cm³/mol. The minimum absolute atomic E-state index is 0.201. The summed E-state index contributed by atoms with van der Waals surface area (Å²) in [6, 6.07) is 7.41. The first-order valence-electron chi connectivity index (χ1n) is 11.8. The molecule has 2 aromatic heterocycles. The van der Waals surface area contributed by atoms with Gasteiger partial charge in [0.25, 0.3) is 0 Å². The lowest BCUT2D eigenvalue weighted by atomic mass is 10.1. The van der Waals surface area contributed by atoms with Crippen LogP contribution in [0.15, 0.2) is 41.1 Å². The Bertz CT molecular complexity index is 1340. The van der Waals surface area contributed by atoms with Gasteiger partial charge in [0.15, 0.2) is 17.3 Å². The van der Waals surface area contributed by atoms with Gasteiger partial charge in [-0.05, 0) is 38.1 Å². The number of hydrogen-bond acceptors (Lipinski definition) is 9. The second-order valence-electron chi connectivity index (χ2n) is 9.15. The lowest BCUT2D eigenvalue weighted by Gasteiger charge is -2.34. The molecule has 0 radical (unpaired) electrons. The summed E-state index contributed by atoms with van der Waals surface area (Å²) in [6.45, 7) is 7.34. The molecule has 2 aliphatic rings. The van der Waals surface area contributed by atoms with E-state index in [-0.39, 0.29) is 17.8 Å². The lowest BCUT2D eigenvalue weighted by molar-refractivity contribution is 0.287. The van der Waals surface area contributed by atoms with Crippen LogP contribution in [0.5, 0.6) is 5.75 Å². The highest BCUT2D eigenvalue weighted by atomic mass is 32.2. The first kappa shape index (κ1) is 24.3. The van der Waals surface area contributed by atoms with Crippen molar-refractivity contribution >= 4 is 33.2 Å². The van der Waals surface area contributed by atoms with Gasteiger partial charge >= 0.3 is 6.01 Å². The Hall–Kier alpha value is -3.38. The summed E-state index contributed by atoms with van der Waals surface area (Å²) >= 11 is 0. The molecule has 192 valence electrons. The van der Waals surface area contributed by atoms with Gasteiger partial charge in [-0.3, -0.25) is 5.32 Å². The molecule has 1 fully saturated rings. The lowest BCUT2D eigenvalue weighted by Crippen LogP contribution is -2.48. The minimum Gasteiger partial charge on any atom is -0.486 e. The minimum atomic E-state index is -3.17. The summed E-state index contributed by atoms with van der Waals surface area (Å²) in [6.07, 6.45) is 4.50. The largest absolute Gasteiger partial charge is 0.486 e. The molecule has 0 bridgehead atoms. The number of nitrogens with zero attached hydrogens (tertiary/aromatic N) is 5. The van der Waals surface area contributed by atoms with Crippen molar-refractivity contribution in [2.24, 2.45) is 0 Å². The summed E-state index contributed by atoms with van der Waals surface area (Å²) in [4.78, 5) is 12.9. The fourth-order valence-electron chi connectivity index (χ4n) is 4.48. The number of pyridine rings is 1. The van der Waals surface area contributed by atoms with Crippen LogP contribution >= 0.6 is 0 Å². The number of piperazine rings is 1. The Morgan fingerprint density at radius 3 is 2.50 bits per heavy atom. The molecule has 10 nitrogen and oxygen atoms in total. The maximum Gasteiger partial charge on any atom is 0.300 e. The molecule has 36 heavy (non-hydrogen) atoms. The van der Waals surface area contributed by atoms with E-state index in [1.54, 1.807) is 18.5 Å². The van der Waals surface area contributed by atoms with Crippen molar-refractivity contribution in [1.29, 1.82) is 0 Å². The van der Waals surface area contributed by atoms with Crippen LogP contribution in [0.25, 0.3) is 11.3 Å². The van der Waals surface area contributed by atoms with E-state index in [0.29, 0.717) is 62.2 Å². The number of fused-ring (bicyclic) bond motifs is 1. The fourth-order valence-corrected chi connectivity index (χ4v) is 5.31. The van der Waals surface area contributed by atoms with Crippen molar-refractivity contribution < 1.29 is 22.0 Å². The van der Waals surface area contributed by atoms with E-state index >= 15 is 0 Å². The van der Waals surface area contributed by atoms with Crippen molar-refractivity contribution in [3.63, 3.8) is 0 Å². The zero-order chi connectivity index (χ0) is 25.4. The van der Waals surface area contributed by atoms with Crippen LogP contribution in [0.3, 0.4) is 0 Å². The highest BCUT2D eigenvalue weighted by molar-refractivity contribution is 7.88. The van der Waals surface area contributed by atoms with Crippen molar-refractivity contribution in [1.82, 2.24) is 14.3 Å². The van der Waals surface area contributed by atoms with Crippen LogP contribution in [0.1, 0.15) is 13.8 Å².